The average Bonchev–Trinajstić information content (AvgIpc) is 2.11. The molecule has 2 heteroatoms. The molecular formula is C12H19NO. The molecule has 0 saturated heterocycles. The van der Waals surface area contributed by atoms with Crippen LogP contribution in [0.1, 0.15) is 42.3 Å². The molecule has 2 nitrogen and oxygen atoms in total. The molecule has 0 radical (unpaired) electrons. The predicted octanol–water partition coefficient (Wildman–Crippen LogP) is 2.66. The molecular weight excluding hydrogens is 174 g/mol. The second kappa shape index (κ2) is 3.60. The molecule has 1 aromatic rings. The fourth-order valence-electron chi connectivity index (χ4n) is 1.85. The third-order valence-electron chi connectivity index (χ3n) is 3.09. The van der Waals surface area contributed by atoms with Crippen molar-refractivity contribution in [3.63, 3.8) is 0 Å². The van der Waals surface area contributed by atoms with Crippen LogP contribution in [0.5, 0.6) is 0 Å². The Labute approximate surface area is 85.6 Å². The fraction of sp³-hybridized carbons (Fsp3) is 0.583. The normalized spacial score (nSPS) is 11.1. The molecule has 0 amide bonds. The van der Waals surface area contributed by atoms with Gasteiger partial charge in [-0.2, -0.15) is 0 Å². The van der Waals surface area contributed by atoms with E-state index < -0.39 is 0 Å². The lowest BCUT2D eigenvalue weighted by atomic mass is 10.0. The first-order valence-corrected chi connectivity index (χ1v) is 5.06. The van der Waals surface area contributed by atoms with E-state index in [0.29, 0.717) is 0 Å². The molecule has 0 spiro atoms. The number of hydrogen-bond acceptors (Lipinski definition) is 1. The molecule has 0 bridgehead atoms. The summed E-state index contributed by atoms with van der Waals surface area (Å²) in [7, 11) is 0. The van der Waals surface area contributed by atoms with Gasteiger partial charge < -0.3 is 4.57 Å². The van der Waals surface area contributed by atoms with Crippen LogP contribution in [-0.2, 0) is 0 Å². The van der Waals surface area contributed by atoms with E-state index in [1.807, 2.05) is 39.2 Å². The van der Waals surface area contributed by atoms with Crippen molar-refractivity contribution in [3.05, 3.63) is 32.7 Å². The number of nitrogens with zero attached hydrogens (tertiary/aromatic N) is 1. The van der Waals surface area contributed by atoms with Crippen LogP contribution in [0.3, 0.4) is 0 Å². The Kier molecular flexibility index (Phi) is 2.84. The Balaban J connectivity index is 3.69. The minimum atomic E-state index is 0.153. The summed E-state index contributed by atoms with van der Waals surface area (Å²) in [5, 5.41) is 0. The van der Waals surface area contributed by atoms with Gasteiger partial charge in [0.1, 0.15) is 0 Å². The first-order chi connectivity index (χ1) is 6.37. The molecule has 0 unspecified atom stereocenters. The van der Waals surface area contributed by atoms with Gasteiger partial charge >= 0.3 is 0 Å². The summed E-state index contributed by atoms with van der Waals surface area (Å²) in [5.74, 6) is 0. The second-order valence-electron chi connectivity index (χ2n) is 4.23. The minimum absolute atomic E-state index is 0.153. The molecule has 78 valence electrons. The van der Waals surface area contributed by atoms with E-state index in [4.69, 9.17) is 0 Å². The molecule has 0 aliphatic carbocycles. The van der Waals surface area contributed by atoms with Crippen LogP contribution < -0.4 is 5.56 Å². The van der Waals surface area contributed by atoms with Crippen LogP contribution in [0.4, 0.5) is 0 Å². The van der Waals surface area contributed by atoms with Gasteiger partial charge in [0.25, 0.3) is 5.56 Å². The van der Waals surface area contributed by atoms with Crippen LogP contribution in [0.25, 0.3) is 0 Å². The molecule has 0 aliphatic rings. The number of pyridine rings is 1. The van der Waals surface area contributed by atoms with E-state index in [0.717, 1.165) is 16.8 Å². The van der Waals surface area contributed by atoms with Crippen molar-refractivity contribution in [3.8, 4) is 0 Å². The molecule has 0 aliphatic heterocycles. The van der Waals surface area contributed by atoms with E-state index in [-0.39, 0.29) is 11.6 Å². The molecule has 1 rings (SSSR count). The lowest BCUT2D eigenvalue weighted by Gasteiger charge is -2.19. The highest BCUT2D eigenvalue weighted by Gasteiger charge is 2.12. The smallest absolute Gasteiger partial charge is 0.254 e. The zero-order chi connectivity index (χ0) is 11.0. The van der Waals surface area contributed by atoms with E-state index in [9.17, 15) is 4.79 Å². The van der Waals surface area contributed by atoms with Gasteiger partial charge in [0.15, 0.2) is 0 Å². The zero-order valence-electron chi connectivity index (χ0n) is 9.93. The molecule has 1 aromatic heterocycles. The van der Waals surface area contributed by atoms with Gasteiger partial charge in [-0.25, -0.2) is 0 Å². The maximum atomic E-state index is 12.0. The lowest BCUT2D eigenvalue weighted by Crippen LogP contribution is -2.28. The fourth-order valence-corrected chi connectivity index (χ4v) is 1.85. The van der Waals surface area contributed by atoms with Crippen molar-refractivity contribution in [2.24, 2.45) is 0 Å². The quantitative estimate of drug-likeness (QED) is 0.672. The zero-order valence-corrected chi connectivity index (χ0v) is 9.93. The topological polar surface area (TPSA) is 22.0 Å². The maximum Gasteiger partial charge on any atom is 0.254 e. The number of aromatic nitrogens is 1. The van der Waals surface area contributed by atoms with Crippen LogP contribution in [0.2, 0.25) is 0 Å². The van der Waals surface area contributed by atoms with E-state index in [1.165, 1.54) is 5.56 Å². The molecule has 0 aromatic carbocycles. The molecule has 1 heterocycles. The summed E-state index contributed by atoms with van der Waals surface area (Å²) in [6, 6.07) is 0.237. The summed E-state index contributed by atoms with van der Waals surface area (Å²) in [4.78, 5) is 12.0. The summed E-state index contributed by atoms with van der Waals surface area (Å²) in [5.41, 5.74) is 4.48. The van der Waals surface area contributed by atoms with E-state index in [2.05, 4.69) is 6.92 Å². The lowest BCUT2D eigenvalue weighted by molar-refractivity contribution is 0.556. The average molecular weight is 193 g/mol. The first-order valence-electron chi connectivity index (χ1n) is 5.06. The van der Waals surface area contributed by atoms with Crippen molar-refractivity contribution in [1.82, 2.24) is 4.57 Å². The Morgan fingerprint density at radius 2 is 1.43 bits per heavy atom. The molecule has 0 N–H and O–H groups in total. The van der Waals surface area contributed by atoms with Crippen LogP contribution >= 0.6 is 0 Å². The Bertz CT molecular complexity index is 413. The van der Waals surface area contributed by atoms with Crippen LogP contribution in [0, 0.1) is 27.7 Å². The highest BCUT2D eigenvalue weighted by atomic mass is 16.1. The van der Waals surface area contributed by atoms with Crippen molar-refractivity contribution < 1.29 is 0 Å². The maximum absolute atomic E-state index is 12.0. The molecule has 14 heavy (non-hydrogen) atoms. The predicted molar refractivity (Wildman–Crippen MR) is 60.0 cm³/mol. The largest absolute Gasteiger partial charge is 0.310 e. The molecule has 0 fully saturated rings. The van der Waals surface area contributed by atoms with E-state index in [1.54, 1.807) is 0 Å². The van der Waals surface area contributed by atoms with Gasteiger partial charge in [-0.1, -0.05) is 0 Å². The van der Waals surface area contributed by atoms with Crippen molar-refractivity contribution in [1.29, 1.82) is 0 Å². The van der Waals surface area contributed by atoms with Crippen LogP contribution in [-0.4, -0.2) is 4.57 Å². The Morgan fingerprint density at radius 3 is 1.86 bits per heavy atom. The van der Waals surface area contributed by atoms with Gasteiger partial charge in [-0.15, -0.1) is 0 Å². The molecule has 0 atom stereocenters. The van der Waals surface area contributed by atoms with Crippen molar-refractivity contribution in [2.75, 3.05) is 0 Å². The summed E-state index contributed by atoms with van der Waals surface area (Å²) < 4.78 is 1.87. The Morgan fingerprint density at radius 1 is 0.929 bits per heavy atom. The summed E-state index contributed by atoms with van der Waals surface area (Å²) in [6.07, 6.45) is 0. The number of hydrogen-bond donors (Lipinski definition) is 0. The Hall–Kier alpha value is -1.05. The van der Waals surface area contributed by atoms with Crippen molar-refractivity contribution in [2.45, 2.75) is 47.6 Å². The number of rotatable bonds is 1. The minimum Gasteiger partial charge on any atom is -0.310 e. The summed E-state index contributed by atoms with van der Waals surface area (Å²) >= 11 is 0. The third-order valence-corrected chi connectivity index (χ3v) is 3.09. The van der Waals surface area contributed by atoms with Gasteiger partial charge in [-0.05, 0) is 52.7 Å². The second-order valence-corrected chi connectivity index (χ2v) is 4.23. The van der Waals surface area contributed by atoms with Gasteiger partial charge in [-0.3, -0.25) is 4.79 Å². The SMILES string of the molecule is Cc1c(C)c(C)n(C(C)C)c(=O)c1C. The third kappa shape index (κ3) is 1.49. The summed E-state index contributed by atoms with van der Waals surface area (Å²) in [6.45, 7) is 12.1. The molecule has 0 saturated carbocycles. The van der Waals surface area contributed by atoms with Crippen molar-refractivity contribution >= 4 is 0 Å². The standard InChI is InChI=1S/C12H19NO/c1-7(2)13-11(6)9(4)8(3)10(5)12(13)14/h7H,1-6H3. The van der Waals surface area contributed by atoms with Gasteiger partial charge in [0.05, 0.1) is 0 Å². The van der Waals surface area contributed by atoms with Gasteiger partial charge in [0.2, 0.25) is 0 Å². The monoisotopic (exact) mass is 193 g/mol. The first kappa shape index (κ1) is 11.0. The van der Waals surface area contributed by atoms with Gasteiger partial charge in [0, 0.05) is 17.3 Å². The van der Waals surface area contributed by atoms with E-state index >= 15 is 0 Å². The highest BCUT2D eigenvalue weighted by Crippen LogP contribution is 2.16. The highest BCUT2D eigenvalue weighted by molar-refractivity contribution is 5.34. The van der Waals surface area contributed by atoms with Crippen LogP contribution in [0.15, 0.2) is 4.79 Å².